The first-order valence-corrected chi connectivity index (χ1v) is 0. The SMILES string of the molecule is [O-2].[OH-].[Zr+4].[Zr+4]. The van der Waals surface area contributed by atoms with E-state index in [1.165, 1.54) is 0 Å². The Labute approximate surface area is 62.8 Å². The van der Waals surface area contributed by atoms with Gasteiger partial charge in [-0.3, -0.25) is 0 Å². The molecule has 0 aromatic carbocycles. The first kappa shape index (κ1) is 43.9. The molecular formula is HO2Zr2+5. The molecule has 2 nitrogen and oxygen atoms in total. The van der Waals surface area contributed by atoms with Crippen LogP contribution in [0.4, 0.5) is 0 Å². The third-order valence-electron chi connectivity index (χ3n) is 0. The van der Waals surface area contributed by atoms with E-state index in [-0.39, 0.29) is 63.4 Å². The summed E-state index contributed by atoms with van der Waals surface area (Å²) in [6, 6.07) is 0. The van der Waals surface area contributed by atoms with E-state index in [0.29, 0.717) is 0 Å². The summed E-state index contributed by atoms with van der Waals surface area (Å²) in [6.07, 6.45) is 0. The van der Waals surface area contributed by atoms with Gasteiger partial charge in [0, 0.05) is 0 Å². The molecule has 0 amide bonds. The molecule has 0 atom stereocenters. The summed E-state index contributed by atoms with van der Waals surface area (Å²) in [5.74, 6) is 0. The third kappa shape index (κ3) is 9.35. The van der Waals surface area contributed by atoms with Crippen LogP contribution in [-0.4, -0.2) is 5.48 Å². The summed E-state index contributed by atoms with van der Waals surface area (Å²) in [6.45, 7) is 0. The van der Waals surface area contributed by atoms with Crippen LogP contribution >= 0.6 is 0 Å². The largest absolute Gasteiger partial charge is 4.00 e. The van der Waals surface area contributed by atoms with Gasteiger partial charge in [0.05, 0.1) is 0 Å². The van der Waals surface area contributed by atoms with Gasteiger partial charge in [-0.1, -0.05) is 0 Å². The van der Waals surface area contributed by atoms with Gasteiger partial charge < -0.3 is 11.0 Å². The summed E-state index contributed by atoms with van der Waals surface area (Å²) in [7, 11) is 0. The molecule has 0 aliphatic carbocycles. The second-order valence-corrected chi connectivity index (χ2v) is 0. The number of hydrogen-bond acceptors (Lipinski definition) is 1. The van der Waals surface area contributed by atoms with Crippen LogP contribution < -0.4 is 0 Å². The molecule has 0 radical (unpaired) electrons. The van der Waals surface area contributed by atoms with Gasteiger partial charge in [-0.2, -0.15) is 0 Å². The Bertz CT molecular complexity index is 4.00. The van der Waals surface area contributed by atoms with Crippen LogP contribution in [0, 0.1) is 0 Å². The second kappa shape index (κ2) is 22.4. The average molecular weight is 215 g/mol. The summed E-state index contributed by atoms with van der Waals surface area (Å²) in [4.78, 5) is 0. The van der Waals surface area contributed by atoms with Crippen LogP contribution in [0.15, 0.2) is 0 Å². The van der Waals surface area contributed by atoms with Crippen LogP contribution in [0.5, 0.6) is 0 Å². The molecule has 0 aromatic rings. The molecule has 0 bridgehead atoms. The minimum absolute atomic E-state index is 0. The number of hydrogen-bond donors (Lipinski definition) is 0. The van der Waals surface area contributed by atoms with Gasteiger partial charge in [-0.25, -0.2) is 0 Å². The van der Waals surface area contributed by atoms with Crippen LogP contribution in [0.25, 0.3) is 0 Å². The summed E-state index contributed by atoms with van der Waals surface area (Å²) in [5, 5.41) is 0. The maximum Gasteiger partial charge on any atom is 4.00 e. The Morgan fingerprint density at radius 3 is 0.750 bits per heavy atom. The van der Waals surface area contributed by atoms with Gasteiger partial charge in [0.25, 0.3) is 0 Å². The Balaban J connectivity index is 0. The van der Waals surface area contributed by atoms with E-state index < -0.39 is 0 Å². The van der Waals surface area contributed by atoms with Crippen LogP contribution in [0.3, 0.4) is 0 Å². The molecule has 4 heteroatoms. The number of rotatable bonds is 0. The monoisotopic (exact) mass is 213 g/mol. The van der Waals surface area contributed by atoms with Crippen molar-refractivity contribution in [1.82, 2.24) is 0 Å². The fourth-order valence-electron chi connectivity index (χ4n) is 0. The van der Waals surface area contributed by atoms with Gasteiger partial charge >= 0.3 is 52.4 Å². The topological polar surface area (TPSA) is 58.5 Å². The van der Waals surface area contributed by atoms with E-state index in [1.807, 2.05) is 0 Å². The summed E-state index contributed by atoms with van der Waals surface area (Å²) in [5.41, 5.74) is 0. The van der Waals surface area contributed by atoms with Crippen LogP contribution in [0.1, 0.15) is 0 Å². The van der Waals surface area contributed by atoms with Crippen molar-refractivity contribution in [3.8, 4) is 0 Å². The third-order valence-corrected chi connectivity index (χ3v) is 0. The second-order valence-electron chi connectivity index (χ2n) is 0. The average Bonchev–Trinajstić information content (AvgIpc) is 0. The van der Waals surface area contributed by atoms with Crippen molar-refractivity contribution in [1.29, 1.82) is 0 Å². The Kier molecular flexibility index (Phi) is 246. The van der Waals surface area contributed by atoms with Crippen molar-refractivity contribution in [2.75, 3.05) is 0 Å². The molecule has 0 unspecified atom stereocenters. The molecule has 0 aliphatic rings. The fraction of sp³-hybridized carbons (Fsp3) is 0. The van der Waals surface area contributed by atoms with Crippen molar-refractivity contribution in [2.45, 2.75) is 0 Å². The Hall–Kier alpha value is 1.69. The van der Waals surface area contributed by atoms with E-state index in [2.05, 4.69) is 0 Å². The predicted octanol–water partition coefficient (Wildman–Crippen LogP) is -0.301. The fourth-order valence-corrected chi connectivity index (χ4v) is 0. The minimum atomic E-state index is 0. The molecular weight excluding hydrogens is 214 g/mol. The van der Waals surface area contributed by atoms with E-state index in [1.54, 1.807) is 0 Å². The smallest absolute Gasteiger partial charge is 2.00 e. The molecule has 0 rings (SSSR count). The first-order chi connectivity index (χ1) is 0. The maximum absolute atomic E-state index is 0. The molecule has 0 saturated carbocycles. The molecule has 16 valence electrons. The molecule has 4 heavy (non-hydrogen) atoms. The van der Waals surface area contributed by atoms with Crippen LogP contribution in [0.2, 0.25) is 0 Å². The van der Waals surface area contributed by atoms with Gasteiger partial charge in [-0.05, 0) is 0 Å². The Morgan fingerprint density at radius 1 is 0.750 bits per heavy atom. The summed E-state index contributed by atoms with van der Waals surface area (Å²) >= 11 is 0. The van der Waals surface area contributed by atoms with E-state index in [0.717, 1.165) is 0 Å². The van der Waals surface area contributed by atoms with Crippen molar-refractivity contribution in [2.24, 2.45) is 0 Å². The van der Waals surface area contributed by atoms with E-state index >= 15 is 0 Å². The van der Waals surface area contributed by atoms with Crippen LogP contribution in [-0.2, 0) is 57.9 Å². The predicted molar refractivity (Wildman–Crippen MR) is 2.62 cm³/mol. The molecule has 0 aliphatic heterocycles. The zero-order chi connectivity index (χ0) is 0. The van der Waals surface area contributed by atoms with Crippen molar-refractivity contribution >= 4 is 0 Å². The maximum atomic E-state index is 0. The zero-order valence-electron chi connectivity index (χ0n) is 1.86. The Morgan fingerprint density at radius 2 is 0.750 bits per heavy atom. The quantitative estimate of drug-likeness (QED) is 0.547. The van der Waals surface area contributed by atoms with E-state index in [9.17, 15) is 0 Å². The normalized spacial score (nSPS) is 0. The minimum Gasteiger partial charge on any atom is -2.00 e. The standard InChI is InChI=1S/H2O.O.2Zr/h1H2;;;/q;-2;2*+4/p-1. The zero-order valence-corrected chi connectivity index (χ0v) is 6.77. The molecule has 1 N–H and O–H groups in total. The molecule has 0 aromatic heterocycles. The molecule has 0 fully saturated rings. The molecule has 0 spiro atoms. The molecule has 0 heterocycles. The van der Waals surface area contributed by atoms with Crippen molar-refractivity contribution in [3.63, 3.8) is 0 Å². The summed E-state index contributed by atoms with van der Waals surface area (Å²) < 4.78 is 0. The van der Waals surface area contributed by atoms with Gasteiger partial charge in [0.1, 0.15) is 0 Å². The van der Waals surface area contributed by atoms with Gasteiger partial charge in [0.2, 0.25) is 0 Å². The van der Waals surface area contributed by atoms with Crippen molar-refractivity contribution < 1.29 is 63.4 Å². The van der Waals surface area contributed by atoms with Gasteiger partial charge in [0.15, 0.2) is 0 Å². The van der Waals surface area contributed by atoms with Gasteiger partial charge in [-0.15, -0.1) is 0 Å². The van der Waals surface area contributed by atoms with Crippen molar-refractivity contribution in [3.05, 3.63) is 0 Å². The first-order valence-electron chi connectivity index (χ1n) is 0. The molecule has 0 saturated heterocycles. The van der Waals surface area contributed by atoms with E-state index in [4.69, 9.17) is 0 Å².